The van der Waals surface area contributed by atoms with Gasteiger partial charge in [-0.15, -0.1) is 10.2 Å². The Morgan fingerprint density at radius 3 is 2.37 bits per heavy atom. The van der Waals surface area contributed by atoms with Gasteiger partial charge in [-0.25, -0.2) is 0 Å². The Bertz CT molecular complexity index is 592. The summed E-state index contributed by atoms with van der Waals surface area (Å²) in [4.78, 5) is 34.4. The first-order chi connectivity index (χ1) is 9.08. The van der Waals surface area contributed by atoms with Crippen LogP contribution in [-0.4, -0.2) is 22.7 Å². The predicted octanol–water partition coefficient (Wildman–Crippen LogP) is 1.01. The van der Waals surface area contributed by atoms with E-state index in [1.54, 1.807) is 30.3 Å². The van der Waals surface area contributed by atoms with Gasteiger partial charge in [-0.05, 0) is 12.1 Å². The van der Waals surface area contributed by atoms with E-state index in [4.69, 9.17) is 0 Å². The highest BCUT2D eigenvalue weighted by molar-refractivity contribution is 5.98. The average molecular weight is 258 g/mol. The van der Waals surface area contributed by atoms with Crippen molar-refractivity contribution in [3.63, 3.8) is 0 Å². The van der Waals surface area contributed by atoms with Crippen LogP contribution < -0.4 is 5.43 Å². The number of benzene rings is 1. The lowest BCUT2D eigenvalue weighted by Crippen LogP contribution is -2.44. The summed E-state index contributed by atoms with van der Waals surface area (Å²) in [5, 5.41) is 7.71. The second-order valence-corrected chi connectivity index (χ2v) is 3.72. The SMILES string of the molecule is CC(=O)NN(C(=O)c1ccccc1)C1=CC(=O)N=N1. The second-order valence-electron chi connectivity index (χ2n) is 3.72. The first kappa shape index (κ1) is 12.6. The van der Waals surface area contributed by atoms with Crippen molar-refractivity contribution >= 4 is 17.7 Å². The minimum Gasteiger partial charge on any atom is -0.274 e. The molecular weight excluding hydrogens is 248 g/mol. The number of carbonyl (C=O) groups is 3. The maximum atomic E-state index is 12.2. The highest BCUT2D eigenvalue weighted by Gasteiger charge is 2.24. The number of rotatable bonds is 2. The molecule has 0 spiro atoms. The van der Waals surface area contributed by atoms with Gasteiger partial charge in [0.2, 0.25) is 5.91 Å². The van der Waals surface area contributed by atoms with Crippen molar-refractivity contribution in [3.05, 3.63) is 47.8 Å². The average Bonchev–Trinajstić information content (AvgIpc) is 2.82. The molecule has 96 valence electrons. The quantitative estimate of drug-likeness (QED) is 0.802. The summed E-state index contributed by atoms with van der Waals surface area (Å²) in [6.45, 7) is 1.25. The van der Waals surface area contributed by atoms with Crippen LogP contribution in [0.1, 0.15) is 17.3 Å². The highest BCUT2D eigenvalue weighted by atomic mass is 16.2. The molecule has 0 radical (unpaired) electrons. The Morgan fingerprint density at radius 1 is 1.16 bits per heavy atom. The summed E-state index contributed by atoms with van der Waals surface area (Å²) in [5.74, 6) is -1.56. The Morgan fingerprint density at radius 2 is 1.84 bits per heavy atom. The van der Waals surface area contributed by atoms with Gasteiger partial charge in [0.15, 0.2) is 5.82 Å². The number of nitrogens with zero attached hydrogens (tertiary/aromatic N) is 3. The van der Waals surface area contributed by atoms with Crippen molar-refractivity contribution in [1.82, 2.24) is 10.4 Å². The molecule has 7 nitrogen and oxygen atoms in total. The van der Waals surface area contributed by atoms with Gasteiger partial charge in [0.05, 0.1) is 6.08 Å². The molecule has 0 atom stereocenters. The number of amides is 3. The van der Waals surface area contributed by atoms with Crippen LogP contribution in [0.5, 0.6) is 0 Å². The number of hydrazine groups is 1. The van der Waals surface area contributed by atoms with Gasteiger partial charge in [-0.2, -0.15) is 5.01 Å². The zero-order valence-corrected chi connectivity index (χ0v) is 10.0. The normalized spacial score (nSPS) is 13.1. The van der Waals surface area contributed by atoms with Gasteiger partial charge >= 0.3 is 0 Å². The summed E-state index contributed by atoms with van der Waals surface area (Å²) in [6, 6.07) is 8.32. The molecule has 7 heteroatoms. The monoisotopic (exact) mass is 258 g/mol. The van der Waals surface area contributed by atoms with Crippen LogP contribution in [0.15, 0.2) is 52.5 Å². The van der Waals surface area contributed by atoms with Crippen LogP contribution in [0.3, 0.4) is 0 Å². The Hall–Kier alpha value is -2.83. The molecule has 1 aliphatic heterocycles. The first-order valence-electron chi connectivity index (χ1n) is 5.42. The second kappa shape index (κ2) is 5.21. The van der Waals surface area contributed by atoms with E-state index in [1.165, 1.54) is 6.92 Å². The van der Waals surface area contributed by atoms with Crippen molar-refractivity contribution in [1.29, 1.82) is 0 Å². The smallest absolute Gasteiger partial charge is 0.274 e. The standard InChI is InChI=1S/C12H10N4O3/c1-8(17)15-16(10-7-11(18)14-13-10)12(19)9-5-3-2-4-6-9/h2-7H,1H3,(H,15,17). The summed E-state index contributed by atoms with van der Waals surface area (Å²) in [7, 11) is 0. The Kier molecular flexibility index (Phi) is 3.46. The van der Waals surface area contributed by atoms with E-state index >= 15 is 0 Å². The molecule has 1 aromatic carbocycles. The van der Waals surface area contributed by atoms with Gasteiger partial charge in [0, 0.05) is 12.5 Å². The van der Waals surface area contributed by atoms with Gasteiger partial charge in [-0.1, -0.05) is 18.2 Å². The fourth-order valence-electron chi connectivity index (χ4n) is 1.46. The number of carbonyl (C=O) groups excluding carboxylic acids is 3. The van der Waals surface area contributed by atoms with Gasteiger partial charge in [-0.3, -0.25) is 19.8 Å². The van der Waals surface area contributed by atoms with Crippen molar-refractivity contribution in [2.75, 3.05) is 0 Å². The third-order valence-corrected chi connectivity index (χ3v) is 2.23. The van der Waals surface area contributed by atoms with Gasteiger partial charge in [0.1, 0.15) is 0 Å². The largest absolute Gasteiger partial charge is 0.292 e. The summed E-state index contributed by atoms with van der Waals surface area (Å²) in [6.07, 6.45) is 1.07. The van der Waals surface area contributed by atoms with E-state index in [1.807, 2.05) is 0 Å². The maximum Gasteiger partial charge on any atom is 0.292 e. The Balaban J connectivity index is 2.31. The van der Waals surface area contributed by atoms with E-state index < -0.39 is 17.7 Å². The van der Waals surface area contributed by atoms with Crippen LogP contribution in [0.25, 0.3) is 0 Å². The van der Waals surface area contributed by atoms with Crippen LogP contribution in [0.4, 0.5) is 0 Å². The van der Waals surface area contributed by atoms with Crippen molar-refractivity contribution in [2.24, 2.45) is 10.2 Å². The van der Waals surface area contributed by atoms with E-state index in [-0.39, 0.29) is 5.82 Å². The van der Waals surface area contributed by atoms with Gasteiger partial charge < -0.3 is 0 Å². The molecule has 1 aromatic rings. The summed E-state index contributed by atoms with van der Waals surface area (Å²) in [5.41, 5.74) is 2.66. The van der Waals surface area contributed by atoms with E-state index in [0.29, 0.717) is 5.56 Å². The van der Waals surface area contributed by atoms with Crippen LogP contribution >= 0.6 is 0 Å². The molecule has 0 aromatic heterocycles. The highest BCUT2D eigenvalue weighted by Crippen LogP contribution is 2.14. The summed E-state index contributed by atoms with van der Waals surface area (Å²) < 4.78 is 0. The topological polar surface area (TPSA) is 91.2 Å². The zero-order chi connectivity index (χ0) is 13.8. The third kappa shape index (κ3) is 2.89. The molecule has 3 amide bonds. The lowest BCUT2D eigenvalue weighted by molar-refractivity contribution is -0.122. The molecule has 0 fully saturated rings. The minimum absolute atomic E-state index is 0.0194. The molecular formula is C12H10N4O3. The van der Waals surface area contributed by atoms with Crippen LogP contribution in [-0.2, 0) is 9.59 Å². The van der Waals surface area contributed by atoms with Crippen molar-refractivity contribution < 1.29 is 14.4 Å². The van der Waals surface area contributed by atoms with E-state index in [9.17, 15) is 14.4 Å². The van der Waals surface area contributed by atoms with Gasteiger partial charge in [0.25, 0.3) is 11.8 Å². The Labute approximate surface area is 108 Å². The summed E-state index contributed by atoms with van der Waals surface area (Å²) >= 11 is 0. The maximum absolute atomic E-state index is 12.2. The number of hydrogen-bond donors (Lipinski definition) is 1. The molecule has 1 aliphatic rings. The lowest BCUT2D eigenvalue weighted by atomic mass is 10.2. The van der Waals surface area contributed by atoms with Crippen molar-refractivity contribution in [2.45, 2.75) is 6.92 Å². The molecule has 0 unspecified atom stereocenters. The molecule has 19 heavy (non-hydrogen) atoms. The molecule has 1 heterocycles. The van der Waals surface area contributed by atoms with Crippen molar-refractivity contribution in [3.8, 4) is 0 Å². The molecule has 0 aliphatic carbocycles. The number of azo groups is 1. The number of hydrogen-bond acceptors (Lipinski definition) is 4. The fraction of sp³-hybridized carbons (Fsp3) is 0.0833. The molecule has 0 saturated carbocycles. The van der Waals surface area contributed by atoms with Crippen LogP contribution in [0, 0.1) is 0 Å². The molecule has 1 N–H and O–H groups in total. The van der Waals surface area contributed by atoms with E-state index in [0.717, 1.165) is 11.1 Å². The molecule has 0 bridgehead atoms. The van der Waals surface area contributed by atoms with Crippen LogP contribution in [0.2, 0.25) is 0 Å². The van der Waals surface area contributed by atoms with E-state index in [2.05, 4.69) is 15.7 Å². The zero-order valence-electron chi connectivity index (χ0n) is 10.0. The molecule has 2 rings (SSSR count). The predicted molar refractivity (Wildman–Crippen MR) is 64.4 cm³/mol. The lowest BCUT2D eigenvalue weighted by Gasteiger charge is -2.20. The first-order valence-corrected chi connectivity index (χ1v) is 5.42. The number of nitrogens with one attached hydrogen (secondary N) is 1. The molecule has 0 saturated heterocycles. The third-order valence-electron chi connectivity index (χ3n) is 2.23. The fourth-order valence-corrected chi connectivity index (χ4v) is 1.46. The minimum atomic E-state index is -0.578.